The molecule has 0 saturated carbocycles. The van der Waals surface area contributed by atoms with Crippen molar-refractivity contribution in [2.45, 2.75) is 51.0 Å². The van der Waals surface area contributed by atoms with Crippen molar-refractivity contribution in [2.75, 3.05) is 7.11 Å². The molecule has 1 atom stereocenters. The first-order valence-corrected chi connectivity index (χ1v) is 6.69. The maximum Gasteiger partial charge on any atom is 0.453 e. The van der Waals surface area contributed by atoms with Crippen LogP contribution in [0.15, 0.2) is 24.3 Å². The Morgan fingerprint density at radius 2 is 1.59 bits per heavy atom. The van der Waals surface area contributed by atoms with E-state index in [1.54, 1.807) is 19.9 Å². The van der Waals surface area contributed by atoms with E-state index in [1.165, 1.54) is 25.1 Å². The number of hydrogen-bond acceptors (Lipinski definition) is 2. The summed E-state index contributed by atoms with van der Waals surface area (Å²) in [6.07, 6.45) is -7.43. The summed E-state index contributed by atoms with van der Waals surface area (Å²) in [5.74, 6) is -4.65. The van der Waals surface area contributed by atoms with Gasteiger partial charge in [-0.05, 0) is 26.8 Å². The maximum absolute atomic E-state index is 13.4. The number of para-hydroxylation sites is 1. The first-order chi connectivity index (χ1) is 9.93. The van der Waals surface area contributed by atoms with Gasteiger partial charge in [0.2, 0.25) is 0 Å². The van der Waals surface area contributed by atoms with Gasteiger partial charge in [0.1, 0.15) is 5.75 Å². The average molecular weight is 326 g/mol. The lowest BCUT2D eigenvalue weighted by atomic mass is 9.88. The molecule has 1 rings (SSSR count). The minimum absolute atomic E-state index is 0.148. The molecular weight excluding hydrogens is 307 g/mol. The Kier molecular flexibility index (Phi) is 5.43. The summed E-state index contributed by atoms with van der Waals surface area (Å²) in [7, 11) is 1.10. The first kappa shape index (κ1) is 18.7. The molecular formula is C15H19F5O2. The topological polar surface area (TPSA) is 18.5 Å². The van der Waals surface area contributed by atoms with E-state index in [0.29, 0.717) is 0 Å². The highest BCUT2D eigenvalue weighted by Gasteiger charge is 2.60. The number of methoxy groups -OCH3 is 1. The number of ether oxygens (including phenoxy) is 2. The predicted octanol–water partition coefficient (Wildman–Crippen LogP) is 4.92. The van der Waals surface area contributed by atoms with Gasteiger partial charge in [-0.25, -0.2) is 0 Å². The Morgan fingerprint density at radius 1 is 1.05 bits per heavy atom. The summed E-state index contributed by atoms with van der Waals surface area (Å²) in [6.45, 7) is 4.64. The van der Waals surface area contributed by atoms with E-state index in [4.69, 9.17) is 9.47 Å². The normalized spacial score (nSPS) is 15.7. The van der Waals surface area contributed by atoms with Crippen LogP contribution in [0, 0.1) is 0 Å². The molecule has 0 amide bonds. The predicted molar refractivity (Wildman–Crippen MR) is 72.2 cm³/mol. The minimum atomic E-state index is -5.64. The van der Waals surface area contributed by atoms with Crippen LogP contribution in [0.5, 0.6) is 5.75 Å². The third-order valence-corrected chi connectivity index (χ3v) is 3.24. The maximum atomic E-state index is 13.4. The Bertz CT molecular complexity index is 499. The molecule has 0 aliphatic rings. The number of benzene rings is 1. The van der Waals surface area contributed by atoms with E-state index in [1.807, 2.05) is 0 Å². The van der Waals surface area contributed by atoms with Crippen molar-refractivity contribution in [1.29, 1.82) is 0 Å². The van der Waals surface area contributed by atoms with Crippen LogP contribution in [-0.2, 0) is 10.3 Å². The zero-order chi connectivity index (χ0) is 17.2. The number of halogens is 5. The molecule has 0 aliphatic carbocycles. The van der Waals surface area contributed by atoms with Crippen LogP contribution in [0.2, 0.25) is 0 Å². The molecule has 0 N–H and O–H groups in total. The lowest BCUT2D eigenvalue weighted by Gasteiger charge is -2.34. The molecule has 0 bridgehead atoms. The summed E-state index contributed by atoms with van der Waals surface area (Å²) in [6, 6.07) is 6.08. The monoisotopic (exact) mass is 326 g/mol. The van der Waals surface area contributed by atoms with Gasteiger partial charge in [0.05, 0.1) is 18.1 Å². The van der Waals surface area contributed by atoms with Crippen molar-refractivity contribution >= 4 is 0 Å². The first-order valence-electron chi connectivity index (χ1n) is 6.69. The number of rotatable bonds is 6. The van der Waals surface area contributed by atoms with E-state index < -0.39 is 24.1 Å². The Morgan fingerprint density at radius 3 is 2.05 bits per heavy atom. The average Bonchev–Trinajstić information content (AvgIpc) is 2.36. The molecule has 2 nitrogen and oxygen atoms in total. The van der Waals surface area contributed by atoms with Crippen LogP contribution in [0.3, 0.4) is 0 Å². The third-order valence-electron chi connectivity index (χ3n) is 3.24. The molecule has 0 fully saturated rings. The highest BCUT2D eigenvalue weighted by molar-refractivity contribution is 5.38. The molecule has 0 spiro atoms. The second-order valence-electron chi connectivity index (χ2n) is 5.48. The smallest absolute Gasteiger partial charge is 0.453 e. The fourth-order valence-corrected chi connectivity index (χ4v) is 2.06. The standard InChI is InChI=1S/C15H19F5O2/c1-10(2)22-12-8-6-5-7-11(12)13(3,21-4)9-14(16,17)15(18,19)20/h5-8,10H,9H2,1-4H3. The van der Waals surface area contributed by atoms with E-state index in [2.05, 4.69) is 0 Å². The molecule has 22 heavy (non-hydrogen) atoms. The molecule has 1 aromatic carbocycles. The lowest BCUT2D eigenvalue weighted by molar-refractivity contribution is -0.298. The van der Waals surface area contributed by atoms with Crippen LogP contribution in [0.1, 0.15) is 32.8 Å². The second-order valence-corrected chi connectivity index (χ2v) is 5.48. The Labute approximate surface area is 126 Å². The zero-order valence-corrected chi connectivity index (χ0v) is 12.8. The lowest BCUT2D eigenvalue weighted by Crippen LogP contribution is -2.43. The Balaban J connectivity index is 3.25. The second kappa shape index (κ2) is 6.40. The van der Waals surface area contributed by atoms with Gasteiger partial charge in [-0.3, -0.25) is 0 Å². The molecule has 0 radical (unpaired) electrons. The zero-order valence-electron chi connectivity index (χ0n) is 12.8. The van der Waals surface area contributed by atoms with Gasteiger partial charge >= 0.3 is 12.1 Å². The SMILES string of the molecule is COC(C)(CC(F)(F)C(F)(F)F)c1ccccc1OC(C)C. The molecule has 0 aliphatic heterocycles. The van der Waals surface area contributed by atoms with Crippen molar-refractivity contribution in [3.63, 3.8) is 0 Å². The van der Waals surface area contributed by atoms with E-state index in [-0.39, 0.29) is 17.4 Å². The quantitative estimate of drug-likeness (QED) is 0.691. The van der Waals surface area contributed by atoms with Gasteiger partial charge in [-0.15, -0.1) is 0 Å². The minimum Gasteiger partial charge on any atom is -0.491 e. The Hall–Kier alpha value is -1.37. The molecule has 7 heteroatoms. The fourth-order valence-electron chi connectivity index (χ4n) is 2.06. The van der Waals surface area contributed by atoms with Crippen molar-refractivity contribution in [3.05, 3.63) is 29.8 Å². The van der Waals surface area contributed by atoms with Gasteiger partial charge < -0.3 is 9.47 Å². The van der Waals surface area contributed by atoms with E-state index in [0.717, 1.165) is 7.11 Å². The van der Waals surface area contributed by atoms with Crippen LogP contribution >= 0.6 is 0 Å². The van der Waals surface area contributed by atoms with Crippen molar-refractivity contribution in [2.24, 2.45) is 0 Å². The molecule has 0 aromatic heterocycles. The van der Waals surface area contributed by atoms with E-state index in [9.17, 15) is 22.0 Å². The van der Waals surface area contributed by atoms with Gasteiger partial charge in [0.25, 0.3) is 0 Å². The van der Waals surface area contributed by atoms with E-state index >= 15 is 0 Å². The van der Waals surface area contributed by atoms with Gasteiger partial charge in [0.15, 0.2) is 0 Å². The number of hydrogen-bond donors (Lipinski definition) is 0. The summed E-state index contributed by atoms with van der Waals surface area (Å²) in [4.78, 5) is 0. The van der Waals surface area contributed by atoms with Crippen LogP contribution in [-0.4, -0.2) is 25.3 Å². The van der Waals surface area contributed by atoms with Crippen molar-refractivity contribution in [3.8, 4) is 5.75 Å². The van der Waals surface area contributed by atoms with Gasteiger partial charge in [-0.1, -0.05) is 18.2 Å². The highest BCUT2D eigenvalue weighted by Crippen LogP contribution is 2.46. The molecule has 0 heterocycles. The molecule has 1 aromatic rings. The summed E-state index contributed by atoms with van der Waals surface area (Å²) in [5.41, 5.74) is -1.69. The highest BCUT2D eigenvalue weighted by atomic mass is 19.4. The summed E-state index contributed by atoms with van der Waals surface area (Å²) < 4.78 is 74.9. The van der Waals surface area contributed by atoms with Crippen molar-refractivity contribution < 1.29 is 31.4 Å². The summed E-state index contributed by atoms with van der Waals surface area (Å²) in [5, 5.41) is 0. The van der Waals surface area contributed by atoms with Gasteiger partial charge in [0, 0.05) is 12.7 Å². The molecule has 1 unspecified atom stereocenters. The van der Waals surface area contributed by atoms with Crippen molar-refractivity contribution in [1.82, 2.24) is 0 Å². The largest absolute Gasteiger partial charge is 0.491 e. The third kappa shape index (κ3) is 4.09. The number of alkyl halides is 5. The molecule has 126 valence electrons. The molecule has 0 saturated heterocycles. The van der Waals surface area contributed by atoms with Crippen LogP contribution in [0.25, 0.3) is 0 Å². The fraction of sp³-hybridized carbons (Fsp3) is 0.600. The van der Waals surface area contributed by atoms with Crippen LogP contribution < -0.4 is 4.74 Å². The van der Waals surface area contributed by atoms with Crippen LogP contribution in [0.4, 0.5) is 22.0 Å². The van der Waals surface area contributed by atoms with Gasteiger partial charge in [-0.2, -0.15) is 22.0 Å². The summed E-state index contributed by atoms with van der Waals surface area (Å²) >= 11 is 0.